The van der Waals surface area contributed by atoms with Crippen LogP contribution < -0.4 is 0 Å². The van der Waals surface area contributed by atoms with Gasteiger partial charge in [-0.2, -0.15) is 11.8 Å². The molecular weight excluding hydrogens is 268 g/mol. The van der Waals surface area contributed by atoms with Crippen LogP contribution in [0.1, 0.15) is 18.9 Å². The predicted octanol–water partition coefficient (Wildman–Crippen LogP) is 5.74. The largest absolute Gasteiger partial charge is 0.162 e. The number of hydrogen-bond acceptors (Lipinski definition) is 2. The van der Waals surface area contributed by atoms with Crippen LogP contribution >= 0.6 is 23.1 Å². The van der Waals surface area contributed by atoms with Crippen molar-refractivity contribution in [2.24, 2.45) is 0 Å². The second-order valence-corrected chi connectivity index (χ2v) is 7.03. The SMILES string of the molecule is CCCSCCc1cccc2c1sc1ccccc12. The third-order valence-corrected chi connectivity index (χ3v) is 5.80. The molecule has 0 atom stereocenters. The minimum Gasteiger partial charge on any atom is -0.162 e. The van der Waals surface area contributed by atoms with Gasteiger partial charge in [-0.15, -0.1) is 11.3 Å². The first-order chi connectivity index (χ1) is 9.40. The molecule has 0 radical (unpaired) electrons. The van der Waals surface area contributed by atoms with Gasteiger partial charge in [0.1, 0.15) is 0 Å². The minimum atomic E-state index is 1.19. The van der Waals surface area contributed by atoms with E-state index in [0.29, 0.717) is 0 Å². The molecule has 0 bridgehead atoms. The van der Waals surface area contributed by atoms with Gasteiger partial charge >= 0.3 is 0 Å². The zero-order chi connectivity index (χ0) is 13.1. The van der Waals surface area contributed by atoms with Gasteiger partial charge in [-0.1, -0.05) is 43.3 Å². The number of benzene rings is 2. The van der Waals surface area contributed by atoms with Crippen LogP contribution in [0.2, 0.25) is 0 Å². The van der Waals surface area contributed by atoms with Crippen molar-refractivity contribution in [3.8, 4) is 0 Å². The summed E-state index contributed by atoms with van der Waals surface area (Å²) in [5.74, 6) is 2.52. The minimum absolute atomic E-state index is 1.19. The molecule has 2 aromatic carbocycles. The second-order valence-electron chi connectivity index (χ2n) is 4.75. The molecule has 0 saturated heterocycles. The van der Waals surface area contributed by atoms with E-state index in [1.165, 1.54) is 50.1 Å². The molecule has 0 amide bonds. The Labute approximate surface area is 122 Å². The monoisotopic (exact) mass is 286 g/mol. The lowest BCUT2D eigenvalue weighted by Crippen LogP contribution is -1.89. The van der Waals surface area contributed by atoms with E-state index in [2.05, 4.69) is 61.2 Å². The molecule has 0 N–H and O–H groups in total. The summed E-state index contributed by atoms with van der Waals surface area (Å²) in [7, 11) is 0. The van der Waals surface area contributed by atoms with Crippen molar-refractivity contribution in [1.29, 1.82) is 0 Å². The molecule has 3 rings (SSSR count). The van der Waals surface area contributed by atoms with Crippen LogP contribution in [0.4, 0.5) is 0 Å². The number of hydrogen-bond donors (Lipinski definition) is 0. The maximum absolute atomic E-state index is 2.30. The van der Waals surface area contributed by atoms with E-state index in [9.17, 15) is 0 Å². The second kappa shape index (κ2) is 5.98. The average Bonchev–Trinajstić information content (AvgIpc) is 2.83. The highest BCUT2D eigenvalue weighted by molar-refractivity contribution is 7.99. The highest BCUT2D eigenvalue weighted by Crippen LogP contribution is 2.35. The summed E-state index contributed by atoms with van der Waals surface area (Å²) < 4.78 is 2.90. The summed E-state index contributed by atoms with van der Waals surface area (Å²) in [5, 5.41) is 2.84. The number of thiophene rings is 1. The first-order valence-corrected chi connectivity index (χ1v) is 8.84. The first kappa shape index (κ1) is 13.0. The molecule has 0 fully saturated rings. The molecule has 98 valence electrons. The zero-order valence-electron chi connectivity index (χ0n) is 11.2. The van der Waals surface area contributed by atoms with Gasteiger partial charge in [-0.25, -0.2) is 0 Å². The molecule has 0 unspecified atom stereocenters. The normalized spacial score (nSPS) is 11.4. The maximum Gasteiger partial charge on any atom is 0.0387 e. The Morgan fingerprint density at radius 3 is 2.68 bits per heavy atom. The number of thioether (sulfide) groups is 1. The van der Waals surface area contributed by atoms with Crippen LogP contribution in [0.15, 0.2) is 42.5 Å². The molecule has 0 spiro atoms. The van der Waals surface area contributed by atoms with Crippen molar-refractivity contribution < 1.29 is 0 Å². The Bertz CT molecular complexity index is 682. The lowest BCUT2D eigenvalue weighted by molar-refractivity contribution is 1.09. The van der Waals surface area contributed by atoms with Gasteiger partial charge in [0.25, 0.3) is 0 Å². The summed E-state index contributed by atoms with van der Waals surface area (Å²) >= 11 is 4.01. The molecular formula is C17H18S2. The summed E-state index contributed by atoms with van der Waals surface area (Å²) in [4.78, 5) is 0. The van der Waals surface area contributed by atoms with Crippen molar-refractivity contribution in [3.05, 3.63) is 48.0 Å². The van der Waals surface area contributed by atoms with E-state index in [4.69, 9.17) is 0 Å². The summed E-state index contributed by atoms with van der Waals surface area (Å²) in [6, 6.07) is 15.5. The van der Waals surface area contributed by atoms with Crippen molar-refractivity contribution in [1.82, 2.24) is 0 Å². The number of aryl methyl sites for hydroxylation is 1. The Balaban J connectivity index is 1.96. The van der Waals surface area contributed by atoms with Gasteiger partial charge in [-0.05, 0) is 36.0 Å². The highest BCUT2D eigenvalue weighted by Gasteiger charge is 2.07. The molecule has 0 aliphatic carbocycles. The summed E-state index contributed by atoms with van der Waals surface area (Å²) in [6.45, 7) is 2.25. The Hall–Kier alpha value is -0.990. The quantitative estimate of drug-likeness (QED) is 0.539. The fraction of sp³-hybridized carbons (Fsp3) is 0.294. The van der Waals surface area contributed by atoms with Gasteiger partial charge in [0, 0.05) is 20.2 Å². The van der Waals surface area contributed by atoms with Crippen molar-refractivity contribution in [2.75, 3.05) is 11.5 Å². The van der Waals surface area contributed by atoms with Gasteiger partial charge in [0.05, 0.1) is 0 Å². The predicted molar refractivity (Wildman–Crippen MR) is 90.7 cm³/mol. The third-order valence-electron chi connectivity index (χ3n) is 3.35. The fourth-order valence-corrected chi connectivity index (χ4v) is 4.53. The van der Waals surface area contributed by atoms with Gasteiger partial charge < -0.3 is 0 Å². The van der Waals surface area contributed by atoms with E-state index in [1.807, 2.05) is 11.3 Å². The average molecular weight is 286 g/mol. The Morgan fingerprint density at radius 1 is 0.947 bits per heavy atom. The molecule has 19 heavy (non-hydrogen) atoms. The molecule has 0 aliphatic rings. The van der Waals surface area contributed by atoms with Crippen molar-refractivity contribution in [2.45, 2.75) is 19.8 Å². The lowest BCUT2D eigenvalue weighted by atomic mass is 10.1. The maximum atomic E-state index is 2.30. The van der Waals surface area contributed by atoms with Gasteiger partial charge in [-0.3, -0.25) is 0 Å². The van der Waals surface area contributed by atoms with Crippen LogP contribution in [-0.2, 0) is 6.42 Å². The number of fused-ring (bicyclic) bond motifs is 3. The Kier molecular flexibility index (Phi) is 4.09. The summed E-state index contributed by atoms with van der Waals surface area (Å²) in [5.41, 5.74) is 1.52. The lowest BCUT2D eigenvalue weighted by Gasteiger charge is -2.02. The third kappa shape index (κ3) is 2.65. The summed E-state index contributed by atoms with van der Waals surface area (Å²) in [6.07, 6.45) is 2.46. The molecule has 1 heterocycles. The van der Waals surface area contributed by atoms with Crippen LogP contribution in [-0.4, -0.2) is 11.5 Å². The van der Waals surface area contributed by atoms with Crippen LogP contribution in [0, 0.1) is 0 Å². The standard InChI is InChI=1S/C17H18S2/c1-2-11-18-12-10-13-6-5-8-15-14-7-3-4-9-16(14)19-17(13)15/h3-9H,2,10-12H2,1H3. The molecule has 0 aliphatic heterocycles. The van der Waals surface area contributed by atoms with Crippen LogP contribution in [0.3, 0.4) is 0 Å². The van der Waals surface area contributed by atoms with Crippen LogP contribution in [0.25, 0.3) is 20.2 Å². The van der Waals surface area contributed by atoms with E-state index >= 15 is 0 Å². The van der Waals surface area contributed by atoms with Gasteiger partial charge in [0.2, 0.25) is 0 Å². The zero-order valence-corrected chi connectivity index (χ0v) is 12.8. The molecule has 3 aromatic rings. The van der Waals surface area contributed by atoms with E-state index in [1.54, 1.807) is 0 Å². The topological polar surface area (TPSA) is 0 Å². The van der Waals surface area contributed by atoms with Crippen LogP contribution in [0.5, 0.6) is 0 Å². The van der Waals surface area contributed by atoms with E-state index in [-0.39, 0.29) is 0 Å². The first-order valence-electron chi connectivity index (χ1n) is 6.87. The van der Waals surface area contributed by atoms with Crippen molar-refractivity contribution >= 4 is 43.3 Å². The fourth-order valence-electron chi connectivity index (χ4n) is 2.43. The van der Waals surface area contributed by atoms with Gasteiger partial charge in [0.15, 0.2) is 0 Å². The molecule has 2 heteroatoms. The number of rotatable bonds is 5. The molecule has 1 aromatic heterocycles. The Morgan fingerprint density at radius 2 is 1.79 bits per heavy atom. The highest BCUT2D eigenvalue weighted by atomic mass is 32.2. The molecule has 0 saturated carbocycles. The van der Waals surface area contributed by atoms with E-state index < -0.39 is 0 Å². The van der Waals surface area contributed by atoms with E-state index in [0.717, 1.165) is 0 Å². The smallest absolute Gasteiger partial charge is 0.0387 e. The molecule has 0 nitrogen and oxygen atoms in total. The van der Waals surface area contributed by atoms with Crippen molar-refractivity contribution in [3.63, 3.8) is 0 Å².